The van der Waals surface area contributed by atoms with Crippen molar-refractivity contribution in [3.05, 3.63) is 53.1 Å². The van der Waals surface area contributed by atoms with Gasteiger partial charge in [-0.3, -0.25) is 0 Å². The van der Waals surface area contributed by atoms with Crippen molar-refractivity contribution < 1.29 is 9.84 Å². The van der Waals surface area contributed by atoms with Crippen molar-refractivity contribution in [3.8, 4) is 5.75 Å². The van der Waals surface area contributed by atoms with Crippen LogP contribution in [0.1, 0.15) is 17.5 Å². The van der Waals surface area contributed by atoms with Crippen molar-refractivity contribution in [3.63, 3.8) is 0 Å². The van der Waals surface area contributed by atoms with E-state index in [4.69, 9.17) is 16.3 Å². The van der Waals surface area contributed by atoms with Crippen molar-refractivity contribution >= 4 is 11.6 Å². The van der Waals surface area contributed by atoms with E-state index in [9.17, 15) is 5.11 Å². The number of hydrogen-bond acceptors (Lipinski definition) is 4. The van der Waals surface area contributed by atoms with E-state index in [1.807, 2.05) is 0 Å². The largest absolute Gasteiger partial charge is 0.495 e. The van der Waals surface area contributed by atoms with E-state index in [1.54, 1.807) is 36.7 Å². The number of aliphatic hydroxyl groups is 1. The molecule has 0 spiro atoms. The number of methoxy groups -OCH3 is 1. The Balaban J connectivity index is 2.34. The third-order valence-corrected chi connectivity index (χ3v) is 2.63. The molecule has 0 aliphatic rings. The van der Waals surface area contributed by atoms with Gasteiger partial charge in [0.15, 0.2) is 5.82 Å². The highest BCUT2D eigenvalue weighted by Crippen LogP contribution is 2.29. The number of rotatable bonds is 3. The van der Waals surface area contributed by atoms with Gasteiger partial charge in [-0.25, -0.2) is 9.97 Å². The number of benzene rings is 1. The van der Waals surface area contributed by atoms with Crippen LogP contribution in [0.25, 0.3) is 0 Å². The lowest BCUT2D eigenvalue weighted by molar-refractivity contribution is 0.209. The van der Waals surface area contributed by atoms with Crippen molar-refractivity contribution in [2.24, 2.45) is 0 Å². The molecule has 1 N–H and O–H groups in total. The van der Waals surface area contributed by atoms with Crippen molar-refractivity contribution in [2.75, 3.05) is 7.11 Å². The highest BCUT2D eigenvalue weighted by Gasteiger charge is 2.14. The average molecular weight is 251 g/mol. The number of aliphatic hydroxyl groups excluding tert-OH is 1. The van der Waals surface area contributed by atoms with Gasteiger partial charge in [0, 0.05) is 12.4 Å². The zero-order chi connectivity index (χ0) is 12.3. The van der Waals surface area contributed by atoms with E-state index in [1.165, 1.54) is 7.11 Å². The van der Waals surface area contributed by atoms with E-state index < -0.39 is 6.10 Å². The molecule has 17 heavy (non-hydrogen) atoms. The van der Waals surface area contributed by atoms with Gasteiger partial charge in [0.2, 0.25) is 0 Å². The van der Waals surface area contributed by atoms with E-state index in [0.29, 0.717) is 22.2 Å². The van der Waals surface area contributed by atoms with Crippen molar-refractivity contribution in [2.45, 2.75) is 6.10 Å². The first-order chi connectivity index (χ1) is 8.22. The Kier molecular flexibility index (Phi) is 3.56. The summed E-state index contributed by atoms with van der Waals surface area (Å²) in [6.45, 7) is 0. The summed E-state index contributed by atoms with van der Waals surface area (Å²) in [7, 11) is 1.52. The van der Waals surface area contributed by atoms with Gasteiger partial charge in [0.05, 0.1) is 12.1 Å². The van der Waals surface area contributed by atoms with Gasteiger partial charge in [-0.15, -0.1) is 0 Å². The second-order valence-electron chi connectivity index (χ2n) is 3.40. The molecular formula is C12H11ClN2O2. The lowest BCUT2D eigenvalue weighted by Gasteiger charge is -2.11. The van der Waals surface area contributed by atoms with E-state index in [0.717, 1.165) is 0 Å². The van der Waals surface area contributed by atoms with E-state index in [-0.39, 0.29) is 0 Å². The fraction of sp³-hybridized carbons (Fsp3) is 0.167. The second kappa shape index (κ2) is 5.12. The van der Waals surface area contributed by atoms with Crippen LogP contribution in [-0.4, -0.2) is 22.2 Å². The molecule has 0 bridgehead atoms. The molecule has 0 aliphatic carbocycles. The van der Waals surface area contributed by atoms with Crippen LogP contribution in [0.4, 0.5) is 0 Å². The predicted molar refractivity (Wildman–Crippen MR) is 64.1 cm³/mol. The van der Waals surface area contributed by atoms with E-state index in [2.05, 4.69) is 9.97 Å². The Hall–Kier alpha value is -1.65. The van der Waals surface area contributed by atoms with Crippen LogP contribution in [0.2, 0.25) is 5.02 Å². The summed E-state index contributed by atoms with van der Waals surface area (Å²) in [5, 5.41) is 10.6. The van der Waals surface area contributed by atoms with Gasteiger partial charge < -0.3 is 9.84 Å². The van der Waals surface area contributed by atoms with Crippen molar-refractivity contribution in [1.82, 2.24) is 9.97 Å². The first-order valence-corrected chi connectivity index (χ1v) is 5.38. The molecular weight excluding hydrogens is 240 g/mol. The summed E-state index contributed by atoms with van der Waals surface area (Å²) < 4.78 is 5.09. The molecule has 2 aromatic rings. The van der Waals surface area contributed by atoms with Crippen LogP contribution in [0, 0.1) is 0 Å². The molecule has 0 saturated heterocycles. The highest BCUT2D eigenvalue weighted by atomic mass is 35.5. The van der Waals surface area contributed by atoms with Gasteiger partial charge >= 0.3 is 0 Å². The van der Waals surface area contributed by atoms with Crippen LogP contribution in [0.5, 0.6) is 5.75 Å². The van der Waals surface area contributed by atoms with Gasteiger partial charge in [0.1, 0.15) is 11.9 Å². The highest BCUT2D eigenvalue weighted by molar-refractivity contribution is 6.32. The molecule has 4 nitrogen and oxygen atoms in total. The number of hydrogen-bond donors (Lipinski definition) is 1. The third kappa shape index (κ3) is 2.54. The zero-order valence-electron chi connectivity index (χ0n) is 9.17. The maximum atomic E-state index is 10.1. The SMILES string of the molecule is COc1cc(C(O)c2ncccn2)ccc1Cl. The lowest BCUT2D eigenvalue weighted by Crippen LogP contribution is -2.04. The fourth-order valence-electron chi connectivity index (χ4n) is 1.45. The molecule has 1 aromatic carbocycles. The summed E-state index contributed by atoms with van der Waals surface area (Å²) in [6, 6.07) is 6.75. The third-order valence-electron chi connectivity index (χ3n) is 2.32. The summed E-state index contributed by atoms with van der Waals surface area (Å²) in [4.78, 5) is 8.00. The van der Waals surface area contributed by atoms with Gasteiger partial charge in [0.25, 0.3) is 0 Å². The molecule has 0 amide bonds. The standard InChI is InChI=1S/C12H11ClN2O2/c1-17-10-7-8(3-4-9(10)13)11(16)12-14-5-2-6-15-12/h2-7,11,16H,1H3. The van der Waals surface area contributed by atoms with Crippen LogP contribution >= 0.6 is 11.6 Å². The van der Waals surface area contributed by atoms with Crippen LogP contribution in [0.3, 0.4) is 0 Å². The smallest absolute Gasteiger partial charge is 0.161 e. The molecule has 1 atom stereocenters. The Labute approximate surface area is 104 Å². The Morgan fingerprint density at radius 1 is 1.29 bits per heavy atom. The zero-order valence-corrected chi connectivity index (χ0v) is 9.93. The minimum atomic E-state index is -0.887. The summed E-state index contributed by atoms with van der Waals surface area (Å²) in [6.07, 6.45) is 2.28. The first kappa shape index (κ1) is 11.8. The molecule has 5 heteroatoms. The minimum Gasteiger partial charge on any atom is -0.495 e. The van der Waals surface area contributed by atoms with Crippen LogP contribution in [-0.2, 0) is 0 Å². The average Bonchev–Trinajstić information content (AvgIpc) is 2.39. The molecule has 0 fully saturated rings. The topological polar surface area (TPSA) is 55.2 Å². The van der Waals surface area contributed by atoms with Gasteiger partial charge in [-0.05, 0) is 23.8 Å². The van der Waals surface area contributed by atoms with Crippen LogP contribution < -0.4 is 4.74 Å². The maximum absolute atomic E-state index is 10.1. The molecule has 0 saturated carbocycles. The molecule has 1 heterocycles. The minimum absolute atomic E-state index is 0.344. The monoisotopic (exact) mass is 250 g/mol. The molecule has 1 unspecified atom stereocenters. The number of aromatic nitrogens is 2. The lowest BCUT2D eigenvalue weighted by atomic mass is 10.1. The normalized spacial score (nSPS) is 12.2. The fourth-order valence-corrected chi connectivity index (χ4v) is 1.64. The molecule has 88 valence electrons. The quantitative estimate of drug-likeness (QED) is 0.908. The van der Waals surface area contributed by atoms with Gasteiger partial charge in [-0.1, -0.05) is 17.7 Å². The Morgan fingerprint density at radius 3 is 2.65 bits per heavy atom. The Bertz CT molecular complexity index is 505. The Morgan fingerprint density at radius 2 is 2.00 bits per heavy atom. The predicted octanol–water partition coefficient (Wildman–Crippen LogP) is 2.22. The molecule has 2 rings (SSSR count). The molecule has 1 aromatic heterocycles. The summed E-state index contributed by atoms with van der Waals surface area (Å²) >= 11 is 5.91. The van der Waals surface area contributed by atoms with E-state index >= 15 is 0 Å². The summed E-state index contributed by atoms with van der Waals surface area (Å²) in [5.74, 6) is 0.857. The number of ether oxygens (including phenoxy) is 1. The number of nitrogens with zero attached hydrogens (tertiary/aromatic N) is 2. The second-order valence-corrected chi connectivity index (χ2v) is 3.81. The number of halogens is 1. The maximum Gasteiger partial charge on any atom is 0.161 e. The van der Waals surface area contributed by atoms with Gasteiger partial charge in [-0.2, -0.15) is 0 Å². The summed E-state index contributed by atoms with van der Waals surface area (Å²) in [5.41, 5.74) is 0.637. The first-order valence-electron chi connectivity index (χ1n) is 5.01. The molecule has 0 aliphatic heterocycles. The van der Waals surface area contributed by atoms with Crippen LogP contribution in [0.15, 0.2) is 36.7 Å². The van der Waals surface area contributed by atoms with Crippen molar-refractivity contribution in [1.29, 1.82) is 0 Å². The molecule has 0 radical (unpaired) electrons.